The molecule has 8 heteroatoms. The average molecular weight is 395 g/mol. The molecule has 3 atom stereocenters. The van der Waals surface area contributed by atoms with Gasteiger partial charge in [0.25, 0.3) is 0 Å². The van der Waals surface area contributed by atoms with Crippen LogP contribution in [0.5, 0.6) is 0 Å². The number of sulfonamides is 1. The van der Waals surface area contributed by atoms with Crippen LogP contribution in [-0.4, -0.2) is 35.9 Å². The molecule has 0 aromatic heterocycles. The van der Waals surface area contributed by atoms with Crippen LogP contribution in [-0.2, 0) is 14.8 Å². The van der Waals surface area contributed by atoms with Crippen molar-refractivity contribution in [2.24, 2.45) is 5.92 Å². The van der Waals surface area contributed by atoms with E-state index < -0.39 is 28.0 Å². The predicted molar refractivity (Wildman–Crippen MR) is 80.7 cm³/mol. The van der Waals surface area contributed by atoms with Crippen LogP contribution in [0, 0.1) is 5.92 Å². The molecule has 2 fully saturated rings. The number of hydrogen-bond acceptors (Lipinski definition) is 3. The van der Waals surface area contributed by atoms with Crippen molar-refractivity contribution in [3.63, 3.8) is 0 Å². The van der Waals surface area contributed by atoms with E-state index in [0.717, 1.165) is 0 Å². The fourth-order valence-electron chi connectivity index (χ4n) is 3.41. The van der Waals surface area contributed by atoms with Crippen LogP contribution < -0.4 is 0 Å². The highest BCUT2D eigenvalue weighted by atomic mass is 79.9. The van der Waals surface area contributed by atoms with Gasteiger partial charge in [0.15, 0.2) is 0 Å². The van der Waals surface area contributed by atoms with Crippen molar-refractivity contribution in [3.05, 3.63) is 27.7 Å². The third-order valence-corrected chi connectivity index (χ3v) is 7.67. The molecule has 2 aliphatic heterocycles. The lowest BCUT2D eigenvalue weighted by Gasteiger charge is -2.23. The summed E-state index contributed by atoms with van der Waals surface area (Å²) in [6.45, 7) is 0. The summed E-state index contributed by atoms with van der Waals surface area (Å²) >= 11 is 9.28. The maximum atomic E-state index is 12.9. The zero-order valence-electron chi connectivity index (χ0n) is 10.9. The highest BCUT2D eigenvalue weighted by Crippen LogP contribution is 2.46. The lowest BCUT2D eigenvalue weighted by Crippen LogP contribution is -2.38. The Labute approximate surface area is 136 Å². The fraction of sp³-hybridized carbons (Fsp3) is 0.462. The van der Waals surface area contributed by atoms with Crippen LogP contribution in [0.2, 0.25) is 5.02 Å². The van der Waals surface area contributed by atoms with Crippen LogP contribution in [0.1, 0.15) is 19.3 Å². The molecule has 0 spiro atoms. The number of benzene rings is 1. The first kappa shape index (κ1) is 15.3. The summed E-state index contributed by atoms with van der Waals surface area (Å²) in [6.07, 6.45) is 1.67. The number of halogens is 2. The van der Waals surface area contributed by atoms with Gasteiger partial charge in [-0.2, -0.15) is 4.31 Å². The molecule has 2 aliphatic rings. The molecule has 1 aromatic carbocycles. The Bertz CT molecular complexity index is 688. The summed E-state index contributed by atoms with van der Waals surface area (Å²) < 4.78 is 27.6. The van der Waals surface area contributed by atoms with E-state index in [1.807, 2.05) is 0 Å². The van der Waals surface area contributed by atoms with Crippen molar-refractivity contribution >= 4 is 43.5 Å². The number of nitrogens with zero attached hydrogens (tertiary/aromatic N) is 1. The number of aliphatic carboxylic acids is 1. The molecule has 1 N–H and O–H groups in total. The van der Waals surface area contributed by atoms with Crippen LogP contribution in [0.15, 0.2) is 27.6 Å². The Kier molecular flexibility index (Phi) is 3.80. The predicted octanol–water partition coefficient (Wildman–Crippen LogP) is 2.73. The van der Waals surface area contributed by atoms with Crippen molar-refractivity contribution in [2.75, 3.05) is 0 Å². The van der Waals surface area contributed by atoms with E-state index in [1.165, 1.54) is 10.4 Å². The largest absolute Gasteiger partial charge is 0.481 e. The first-order valence-electron chi connectivity index (χ1n) is 6.54. The number of carboxylic acid groups (broad SMARTS) is 1. The summed E-state index contributed by atoms with van der Waals surface area (Å²) in [5.41, 5.74) is 0. The number of carbonyl (C=O) groups is 1. The Morgan fingerprint density at radius 2 is 2.10 bits per heavy atom. The molecule has 5 nitrogen and oxygen atoms in total. The summed E-state index contributed by atoms with van der Waals surface area (Å²) in [4.78, 5) is 11.3. The quantitative estimate of drug-likeness (QED) is 0.855. The molecule has 2 bridgehead atoms. The van der Waals surface area contributed by atoms with Crippen molar-refractivity contribution < 1.29 is 18.3 Å². The van der Waals surface area contributed by atoms with Gasteiger partial charge in [0.1, 0.15) is 4.90 Å². The van der Waals surface area contributed by atoms with Crippen molar-refractivity contribution in [1.82, 2.24) is 4.31 Å². The van der Waals surface area contributed by atoms with Crippen LogP contribution in [0.25, 0.3) is 0 Å². The first-order valence-corrected chi connectivity index (χ1v) is 9.15. The van der Waals surface area contributed by atoms with E-state index in [1.54, 1.807) is 12.1 Å². The molecule has 114 valence electrons. The molecule has 2 heterocycles. The third kappa shape index (κ3) is 2.30. The molecule has 1 aromatic rings. The maximum absolute atomic E-state index is 12.9. The molecule has 3 rings (SSSR count). The van der Waals surface area contributed by atoms with Gasteiger partial charge in [-0.15, -0.1) is 0 Å². The smallest absolute Gasteiger partial charge is 0.308 e. The van der Waals surface area contributed by atoms with Crippen LogP contribution in [0.4, 0.5) is 0 Å². The summed E-state index contributed by atoms with van der Waals surface area (Å²) in [5, 5.41) is 9.38. The number of carboxylic acids is 1. The molecular weight excluding hydrogens is 382 g/mol. The van der Waals surface area contributed by atoms with Gasteiger partial charge in [0, 0.05) is 16.6 Å². The van der Waals surface area contributed by atoms with E-state index in [2.05, 4.69) is 15.9 Å². The minimum atomic E-state index is -3.81. The highest BCUT2D eigenvalue weighted by molar-refractivity contribution is 9.10. The number of rotatable bonds is 3. The van der Waals surface area contributed by atoms with Gasteiger partial charge < -0.3 is 5.11 Å². The van der Waals surface area contributed by atoms with E-state index in [9.17, 15) is 18.3 Å². The SMILES string of the molecule is O=C(O)C1CC2CCC1N2S(=O)(=O)c1c(Cl)cccc1Br. The maximum Gasteiger partial charge on any atom is 0.308 e. The summed E-state index contributed by atoms with van der Waals surface area (Å²) in [7, 11) is -3.81. The molecule has 0 radical (unpaired) electrons. The Morgan fingerprint density at radius 3 is 2.67 bits per heavy atom. The van der Waals surface area contributed by atoms with E-state index in [-0.39, 0.29) is 16.0 Å². The minimum Gasteiger partial charge on any atom is -0.481 e. The van der Waals surface area contributed by atoms with Gasteiger partial charge in [-0.3, -0.25) is 4.79 Å². The molecule has 21 heavy (non-hydrogen) atoms. The third-order valence-electron chi connectivity index (χ3n) is 4.24. The van der Waals surface area contributed by atoms with Crippen molar-refractivity contribution in [3.8, 4) is 0 Å². The Hall–Kier alpha value is -0.630. The molecule has 0 aliphatic carbocycles. The number of hydrogen-bond donors (Lipinski definition) is 1. The van der Waals surface area contributed by atoms with Gasteiger partial charge >= 0.3 is 5.97 Å². The lowest BCUT2D eigenvalue weighted by molar-refractivity contribution is -0.142. The average Bonchev–Trinajstić information content (AvgIpc) is 2.96. The standard InChI is InChI=1S/C13H13BrClNO4S/c14-9-2-1-3-10(15)12(9)21(19,20)16-7-4-5-11(16)8(6-7)13(17)18/h1-3,7-8,11H,4-6H2,(H,17,18). The second kappa shape index (κ2) is 5.22. The second-order valence-corrected chi connectivity index (χ2v) is 8.41. The number of fused-ring (bicyclic) bond motifs is 2. The Morgan fingerprint density at radius 1 is 1.38 bits per heavy atom. The van der Waals surface area contributed by atoms with Gasteiger partial charge in [-0.1, -0.05) is 17.7 Å². The first-order chi connectivity index (χ1) is 9.84. The van der Waals surface area contributed by atoms with E-state index >= 15 is 0 Å². The van der Waals surface area contributed by atoms with Gasteiger partial charge in [-0.25, -0.2) is 8.42 Å². The van der Waals surface area contributed by atoms with E-state index in [4.69, 9.17) is 11.6 Å². The van der Waals surface area contributed by atoms with Gasteiger partial charge in [0.2, 0.25) is 10.0 Å². The minimum absolute atomic E-state index is 0.0228. The van der Waals surface area contributed by atoms with Gasteiger partial charge in [0.05, 0.1) is 10.9 Å². The van der Waals surface area contributed by atoms with Crippen molar-refractivity contribution in [2.45, 2.75) is 36.2 Å². The lowest BCUT2D eigenvalue weighted by atomic mass is 9.89. The van der Waals surface area contributed by atoms with Crippen LogP contribution >= 0.6 is 27.5 Å². The highest BCUT2D eigenvalue weighted by Gasteiger charge is 2.54. The van der Waals surface area contributed by atoms with Gasteiger partial charge in [-0.05, 0) is 47.3 Å². The molecule has 2 saturated heterocycles. The molecule has 0 saturated carbocycles. The summed E-state index contributed by atoms with van der Waals surface area (Å²) in [6, 6.07) is 4.08. The zero-order valence-corrected chi connectivity index (χ0v) is 14.0. The molecule has 0 amide bonds. The Balaban J connectivity index is 2.06. The van der Waals surface area contributed by atoms with Crippen LogP contribution in [0.3, 0.4) is 0 Å². The second-order valence-electron chi connectivity index (χ2n) is 5.36. The summed E-state index contributed by atoms with van der Waals surface area (Å²) in [5.74, 6) is -1.56. The fourth-order valence-corrected chi connectivity index (χ4v) is 7.01. The molecular formula is C13H13BrClNO4S. The monoisotopic (exact) mass is 393 g/mol. The molecule has 3 unspecified atom stereocenters. The van der Waals surface area contributed by atoms with E-state index in [0.29, 0.717) is 23.7 Å². The zero-order chi connectivity index (χ0) is 15.4. The normalized spacial score (nSPS) is 29.0. The topological polar surface area (TPSA) is 74.7 Å². The van der Waals surface area contributed by atoms with Crippen molar-refractivity contribution in [1.29, 1.82) is 0 Å².